The van der Waals surface area contributed by atoms with E-state index in [0.717, 1.165) is 11.1 Å². The summed E-state index contributed by atoms with van der Waals surface area (Å²) in [6, 6.07) is 12.0. The number of benzene rings is 1. The number of oxime groups is 1. The Morgan fingerprint density at radius 2 is 2.00 bits per heavy atom. The summed E-state index contributed by atoms with van der Waals surface area (Å²) in [5.41, 5.74) is 3.22. The monoisotopic (exact) mass is 292 g/mol. The Hall–Kier alpha value is -1.91. The first-order valence-corrected chi connectivity index (χ1v) is 6.08. The maximum Gasteiger partial charge on any atom is 0.252 e. The van der Waals surface area contributed by atoms with Gasteiger partial charge in [0, 0.05) is 6.07 Å². The Kier molecular flexibility index (Phi) is 6.70. The number of aryl methyl sites for hydroxylation is 1. The number of hydrogen-bond donors (Lipinski definition) is 1. The maximum absolute atomic E-state index is 8.49. The fraction of sp³-hybridized carbons (Fsp3) is 0.200. The lowest BCUT2D eigenvalue weighted by atomic mass is 10.2. The third kappa shape index (κ3) is 4.99. The fourth-order valence-electron chi connectivity index (χ4n) is 1.72. The second kappa shape index (κ2) is 8.30. The SMILES string of the molecule is Cc1ccc(COC[n+]2cccc(/C=N/O)c2)cc1.[Cl-]. The predicted molar refractivity (Wildman–Crippen MR) is 72.0 cm³/mol. The van der Waals surface area contributed by atoms with Crippen molar-refractivity contribution in [1.29, 1.82) is 0 Å². The number of aromatic nitrogens is 1. The van der Waals surface area contributed by atoms with Gasteiger partial charge in [-0.1, -0.05) is 35.0 Å². The van der Waals surface area contributed by atoms with Gasteiger partial charge in [0.25, 0.3) is 6.73 Å². The van der Waals surface area contributed by atoms with Crippen LogP contribution in [0.15, 0.2) is 53.9 Å². The van der Waals surface area contributed by atoms with Crippen LogP contribution in [0.1, 0.15) is 16.7 Å². The molecule has 2 rings (SSSR count). The Labute approximate surface area is 124 Å². The molecule has 0 spiro atoms. The lowest BCUT2D eigenvalue weighted by Gasteiger charge is -2.02. The molecule has 0 aliphatic rings. The van der Waals surface area contributed by atoms with Crippen molar-refractivity contribution < 1.29 is 26.9 Å². The highest BCUT2D eigenvalue weighted by atomic mass is 35.5. The summed E-state index contributed by atoms with van der Waals surface area (Å²) >= 11 is 0. The van der Waals surface area contributed by atoms with Crippen LogP contribution in [-0.4, -0.2) is 11.4 Å². The molecule has 4 nitrogen and oxygen atoms in total. The Bertz CT molecular complexity index is 556. The van der Waals surface area contributed by atoms with Gasteiger partial charge in [-0.05, 0) is 18.6 Å². The molecule has 0 amide bonds. The Balaban J connectivity index is 0.00000200. The Morgan fingerprint density at radius 1 is 1.25 bits per heavy atom. The third-order valence-electron chi connectivity index (χ3n) is 2.72. The van der Waals surface area contributed by atoms with Crippen molar-refractivity contribution >= 4 is 6.21 Å². The van der Waals surface area contributed by atoms with Crippen LogP contribution in [-0.2, 0) is 18.1 Å². The molecule has 1 heterocycles. The lowest BCUT2D eigenvalue weighted by molar-refractivity contribution is -0.733. The lowest BCUT2D eigenvalue weighted by Crippen LogP contribution is -3.00. The van der Waals surface area contributed by atoms with Crippen LogP contribution < -0.4 is 17.0 Å². The highest BCUT2D eigenvalue weighted by Crippen LogP contribution is 2.04. The van der Waals surface area contributed by atoms with Gasteiger partial charge in [0.15, 0.2) is 12.4 Å². The van der Waals surface area contributed by atoms with Crippen LogP contribution >= 0.6 is 0 Å². The molecule has 1 aromatic carbocycles. The van der Waals surface area contributed by atoms with Gasteiger partial charge in [-0.15, -0.1) is 0 Å². The van der Waals surface area contributed by atoms with Crippen molar-refractivity contribution in [3.63, 3.8) is 0 Å². The zero-order valence-electron chi connectivity index (χ0n) is 11.2. The summed E-state index contributed by atoms with van der Waals surface area (Å²) in [5.74, 6) is 0. The molecule has 0 aliphatic heterocycles. The van der Waals surface area contributed by atoms with Crippen molar-refractivity contribution in [2.75, 3.05) is 0 Å². The largest absolute Gasteiger partial charge is 1.00 e. The van der Waals surface area contributed by atoms with Crippen LogP contribution in [0, 0.1) is 6.92 Å². The van der Waals surface area contributed by atoms with Crippen molar-refractivity contribution in [3.05, 3.63) is 65.5 Å². The molecule has 0 bridgehead atoms. The van der Waals surface area contributed by atoms with E-state index < -0.39 is 0 Å². The van der Waals surface area contributed by atoms with Gasteiger partial charge in [0.2, 0.25) is 0 Å². The molecular weight excluding hydrogens is 276 g/mol. The standard InChI is InChI=1S/C15H16N2O2.ClH/c1-13-4-6-14(7-5-13)11-19-12-17-8-2-3-15(10-17)9-16-18;/h2-10H,11-12H2,1H3;1H/b16-9+;. The number of halogens is 1. The first kappa shape index (κ1) is 16.1. The molecule has 0 radical (unpaired) electrons. The molecule has 20 heavy (non-hydrogen) atoms. The predicted octanol–water partition coefficient (Wildman–Crippen LogP) is -0.731. The van der Waals surface area contributed by atoms with Crippen molar-refractivity contribution in [2.24, 2.45) is 5.16 Å². The molecule has 0 saturated heterocycles. The number of nitrogens with zero attached hydrogens (tertiary/aromatic N) is 2. The summed E-state index contributed by atoms with van der Waals surface area (Å²) in [5, 5.41) is 11.5. The van der Waals surface area contributed by atoms with Crippen LogP contribution in [0.5, 0.6) is 0 Å². The molecule has 0 atom stereocenters. The summed E-state index contributed by atoms with van der Waals surface area (Å²) in [4.78, 5) is 0. The van der Waals surface area contributed by atoms with E-state index in [1.807, 2.05) is 29.1 Å². The van der Waals surface area contributed by atoms with Crippen LogP contribution in [0.2, 0.25) is 0 Å². The van der Waals surface area contributed by atoms with E-state index in [1.54, 1.807) is 0 Å². The number of rotatable bonds is 5. The van der Waals surface area contributed by atoms with E-state index in [4.69, 9.17) is 9.94 Å². The van der Waals surface area contributed by atoms with E-state index in [0.29, 0.717) is 13.3 Å². The molecule has 106 valence electrons. The quantitative estimate of drug-likeness (QED) is 0.342. The highest BCUT2D eigenvalue weighted by molar-refractivity contribution is 5.77. The van der Waals surface area contributed by atoms with Gasteiger partial charge in [-0.25, -0.2) is 0 Å². The number of pyridine rings is 1. The molecule has 1 N–H and O–H groups in total. The molecule has 1 aromatic heterocycles. The first-order valence-electron chi connectivity index (χ1n) is 6.08. The van der Waals surface area contributed by atoms with Gasteiger partial charge in [-0.2, -0.15) is 4.57 Å². The molecule has 0 saturated carbocycles. The average molecular weight is 293 g/mol. The van der Waals surface area contributed by atoms with Crippen LogP contribution in [0.4, 0.5) is 0 Å². The van der Waals surface area contributed by atoms with E-state index in [-0.39, 0.29) is 12.4 Å². The summed E-state index contributed by atoms with van der Waals surface area (Å²) in [7, 11) is 0. The highest BCUT2D eigenvalue weighted by Gasteiger charge is 2.02. The van der Waals surface area contributed by atoms with E-state index in [2.05, 4.69) is 36.3 Å². The van der Waals surface area contributed by atoms with E-state index in [9.17, 15) is 0 Å². The summed E-state index contributed by atoms with van der Waals surface area (Å²) in [6.45, 7) is 3.10. The van der Waals surface area contributed by atoms with Crippen molar-refractivity contribution in [2.45, 2.75) is 20.3 Å². The zero-order chi connectivity index (χ0) is 13.5. The minimum atomic E-state index is 0. The van der Waals surface area contributed by atoms with Crippen LogP contribution in [0.25, 0.3) is 0 Å². The first-order chi connectivity index (χ1) is 9.28. The minimum Gasteiger partial charge on any atom is -1.00 e. The minimum absolute atomic E-state index is 0. The fourth-order valence-corrected chi connectivity index (χ4v) is 1.72. The molecule has 5 heteroatoms. The molecular formula is C15H17ClN2O2. The second-order valence-corrected chi connectivity index (χ2v) is 4.36. The molecule has 0 fully saturated rings. The maximum atomic E-state index is 8.49. The van der Waals surface area contributed by atoms with Gasteiger partial charge in [0.05, 0.1) is 18.4 Å². The third-order valence-corrected chi connectivity index (χ3v) is 2.72. The zero-order valence-corrected chi connectivity index (χ0v) is 12.0. The molecule has 0 unspecified atom stereocenters. The van der Waals surface area contributed by atoms with Gasteiger partial charge in [-0.3, -0.25) is 0 Å². The normalized spacial score (nSPS) is 10.4. The van der Waals surface area contributed by atoms with Crippen LogP contribution in [0.3, 0.4) is 0 Å². The second-order valence-electron chi connectivity index (χ2n) is 4.36. The molecule has 2 aromatic rings. The number of ether oxygens (including phenoxy) is 1. The van der Waals surface area contributed by atoms with Crippen molar-refractivity contribution in [3.8, 4) is 0 Å². The summed E-state index contributed by atoms with van der Waals surface area (Å²) in [6.07, 6.45) is 5.15. The van der Waals surface area contributed by atoms with Gasteiger partial charge in [0.1, 0.15) is 0 Å². The average Bonchev–Trinajstić information content (AvgIpc) is 2.42. The number of hydrogen-bond acceptors (Lipinski definition) is 3. The van der Waals surface area contributed by atoms with Crippen molar-refractivity contribution in [1.82, 2.24) is 0 Å². The van der Waals surface area contributed by atoms with Gasteiger partial charge >= 0.3 is 0 Å². The van der Waals surface area contributed by atoms with Gasteiger partial charge < -0.3 is 22.4 Å². The van der Waals surface area contributed by atoms with E-state index >= 15 is 0 Å². The smallest absolute Gasteiger partial charge is 0.252 e. The topological polar surface area (TPSA) is 45.7 Å². The van der Waals surface area contributed by atoms with E-state index in [1.165, 1.54) is 11.8 Å². The Morgan fingerprint density at radius 3 is 2.70 bits per heavy atom. The summed E-state index contributed by atoms with van der Waals surface area (Å²) < 4.78 is 7.53. The molecule has 0 aliphatic carbocycles.